The van der Waals surface area contributed by atoms with Gasteiger partial charge in [0.25, 0.3) is 0 Å². The molecule has 0 bridgehead atoms. The zero-order valence-electron chi connectivity index (χ0n) is 12.2. The predicted octanol–water partition coefficient (Wildman–Crippen LogP) is 4.00. The largest absolute Gasteiger partial charge is 0.362 e. The van der Waals surface area contributed by atoms with Crippen molar-refractivity contribution in [3.8, 4) is 0 Å². The highest BCUT2D eigenvalue weighted by molar-refractivity contribution is 7.99. The summed E-state index contributed by atoms with van der Waals surface area (Å²) in [7, 11) is 0. The van der Waals surface area contributed by atoms with Crippen LogP contribution in [-0.4, -0.2) is 42.3 Å². The molecule has 0 aromatic heterocycles. The van der Waals surface area contributed by atoms with Gasteiger partial charge in [-0.25, -0.2) is 0 Å². The molecule has 0 amide bonds. The maximum atomic E-state index is 6.04. The second-order valence-corrected chi connectivity index (χ2v) is 5.70. The van der Waals surface area contributed by atoms with Gasteiger partial charge >= 0.3 is 0 Å². The van der Waals surface area contributed by atoms with Crippen molar-refractivity contribution in [3.63, 3.8) is 0 Å². The Bertz CT molecular complexity index is 151. The molecule has 3 heteroatoms. The SMILES string of the molecule is CCCCCC(CSCC)OCN(CC)CC. The molecule has 0 heterocycles. The van der Waals surface area contributed by atoms with Crippen LogP contribution in [0.3, 0.4) is 0 Å². The summed E-state index contributed by atoms with van der Waals surface area (Å²) in [5, 5.41) is 0. The molecule has 104 valence electrons. The molecule has 17 heavy (non-hydrogen) atoms. The maximum Gasteiger partial charge on any atom is 0.0994 e. The van der Waals surface area contributed by atoms with Gasteiger partial charge in [-0.2, -0.15) is 11.8 Å². The third-order valence-corrected chi connectivity index (χ3v) is 4.04. The Morgan fingerprint density at radius 3 is 2.29 bits per heavy atom. The predicted molar refractivity (Wildman–Crippen MR) is 79.8 cm³/mol. The van der Waals surface area contributed by atoms with Crippen LogP contribution in [0, 0.1) is 0 Å². The Morgan fingerprint density at radius 1 is 1.06 bits per heavy atom. The lowest BCUT2D eigenvalue weighted by molar-refractivity contribution is -0.0124. The molecule has 1 atom stereocenters. The average Bonchev–Trinajstić information content (AvgIpc) is 2.36. The van der Waals surface area contributed by atoms with Crippen LogP contribution < -0.4 is 0 Å². The summed E-state index contributed by atoms with van der Waals surface area (Å²) in [6, 6.07) is 0. The Balaban J connectivity index is 3.82. The normalized spacial score (nSPS) is 13.2. The third-order valence-electron chi connectivity index (χ3n) is 3.02. The zero-order chi connectivity index (χ0) is 12.9. The summed E-state index contributed by atoms with van der Waals surface area (Å²) in [5.41, 5.74) is 0. The van der Waals surface area contributed by atoms with Crippen molar-refractivity contribution < 1.29 is 4.74 Å². The van der Waals surface area contributed by atoms with Gasteiger partial charge in [-0.05, 0) is 25.3 Å². The summed E-state index contributed by atoms with van der Waals surface area (Å²) in [6.45, 7) is 11.8. The highest BCUT2D eigenvalue weighted by Crippen LogP contribution is 2.13. The first-order valence-electron chi connectivity index (χ1n) is 7.20. The van der Waals surface area contributed by atoms with E-state index in [0.717, 1.165) is 25.6 Å². The molecule has 0 aliphatic heterocycles. The lowest BCUT2D eigenvalue weighted by Gasteiger charge is -2.23. The average molecular weight is 261 g/mol. The standard InChI is InChI=1S/C14H31NOS/c1-5-9-10-11-14(12-17-8-4)16-13-15(6-2)7-3/h14H,5-13H2,1-4H3. The summed E-state index contributed by atoms with van der Waals surface area (Å²) in [4.78, 5) is 2.34. The van der Waals surface area contributed by atoms with Crippen LogP contribution in [0.1, 0.15) is 53.4 Å². The van der Waals surface area contributed by atoms with Gasteiger partial charge in [0.05, 0.1) is 12.8 Å². The molecule has 2 nitrogen and oxygen atoms in total. The van der Waals surface area contributed by atoms with E-state index in [2.05, 4.69) is 32.6 Å². The van der Waals surface area contributed by atoms with Crippen LogP contribution in [0.15, 0.2) is 0 Å². The number of hydrogen-bond acceptors (Lipinski definition) is 3. The van der Waals surface area contributed by atoms with E-state index in [4.69, 9.17) is 4.74 Å². The van der Waals surface area contributed by atoms with E-state index in [1.807, 2.05) is 11.8 Å². The molecule has 0 aliphatic rings. The van der Waals surface area contributed by atoms with Crippen LogP contribution in [0.25, 0.3) is 0 Å². The van der Waals surface area contributed by atoms with E-state index in [-0.39, 0.29) is 0 Å². The van der Waals surface area contributed by atoms with E-state index < -0.39 is 0 Å². The molecule has 0 saturated carbocycles. The van der Waals surface area contributed by atoms with Gasteiger partial charge in [0.2, 0.25) is 0 Å². The number of unbranched alkanes of at least 4 members (excludes halogenated alkanes) is 2. The van der Waals surface area contributed by atoms with Gasteiger partial charge in [0.1, 0.15) is 0 Å². The van der Waals surface area contributed by atoms with Crippen molar-refractivity contribution >= 4 is 11.8 Å². The molecule has 0 rings (SSSR count). The summed E-state index contributed by atoms with van der Waals surface area (Å²) in [5.74, 6) is 2.35. The molecule has 0 spiro atoms. The fraction of sp³-hybridized carbons (Fsp3) is 1.00. The summed E-state index contributed by atoms with van der Waals surface area (Å²) >= 11 is 2.00. The zero-order valence-corrected chi connectivity index (χ0v) is 13.0. The van der Waals surface area contributed by atoms with Crippen LogP contribution in [0.2, 0.25) is 0 Å². The first-order valence-corrected chi connectivity index (χ1v) is 8.35. The van der Waals surface area contributed by atoms with Crippen molar-refractivity contribution in [3.05, 3.63) is 0 Å². The Kier molecular flexibility index (Phi) is 12.9. The van der Waals surface area contributed by atoms with Gasteiger partial charge in [-0.3, -0.25) is 4.90 Å². The quantitative estimate of drug-likeness (QED) is 0.389. The monoisotopic (exact) mass is 261 g/mol. The number of nitrogens with zero attached hydrogens (tertiary/aromatic N) is 1. The molecule has 0 fully saturated rings. The molecular weight excluding hydrogens is 230 g/mol. The van der Waals surface area contributed by atoms with Gasteiger partial charge in [0.15, 0.2) is 0 Å². The third kappa shape index (κ3) is 9.93. The van der Waals surface area contributed by atoms with Gasteiger partial charge in [-0.1, -0.05) is 47.0 Å². The van der Waals surface area contributed by atoms with E-state index in [0.29, 0.717) is 6.10 Å². The Hall–Kier alpha value is 0.270. The fourth-order valence-electron chi connectivity index (χ4n) is 1.70. The molecular formula is C14H31NOS. The number of thioether (sulfide) groups is 1. The fourth-order valence-corrected chi connectivity index (χ4v) is 2.46. The molecule has 0 saturated heterocycles. The van der Waals surface area contributed by atoms with E-state index in [9.17, 15) is 0 Å². The van der Waals surface area contributed by atoms with Crippen molar-refractivity contribution in [1.29, 1.82) is 0 Å². The Labute approximate surface area is 112 Å². The maximum absolute atomic E-state index is 6.04. The number of hydrogen-bond donors (Lipinski definition) is 0. The lowest BCUT2D eigenvalue weighted by Crippen LogP contribution is -2.30. The van der Waals surface area contributed by atoms with Crippen molar-refractivity contribution in [1.82, 2.24) is 4.90 Å². The van der Waals surface area contributed by atoms with E-state index >= 15 is 0 Å². The first kappa shape index (κ1) is 17.3. The molecule has 0 aromatic rings. The topological polar surface area (TPSA) is 12.5 Å². The van der Waals surface area contributed by atoms with Crippen molar-refractivity contribution in [2.75, 3.05) is 31.3 Å². The van der Waals surface area contributed by atoms with Crippen LogP contribution in [0.4, 0.5) is 0 Å². The first-order chi connectivity index (χ1) is 8.28. The molecule has 0 radical (unpaired) electrons. The molecule has 0 aliphatic carbocycles. The van der Waals surface area contributed by atoms with Crippen LogP contribution >= 0.6 is 11.8 Å². The van der Waals surface area contributed by atoms with Gasteiger partial charge < -0.3 is 4.74 Å². The summed E-state index contributed by atoms with van der Waals surface area (Å²) < 4.78 is 6.04. The molecule has 1 unspecified atom stereocenters. The van der Waals surface area contributed by atoms with Crippen molar-refractivity contribution in [2.45, 2.75) is 59.5 Å². The minimum absolute atomic E-state index is 0.451. The van der Waals surface area contributed by atoms with E-state index in [1.165, 1.54) is 31.4 Å². The Morgan fingerprint density at radius 2 is 1.76 bits per heavy atom. The second-order valence-electron chi connectivity index (χ2n) is 4.38. The van der Waals surface area contributed by atoms with Gasteiger partial charge in [0, 0.05) is 5.75 Å². The second kappa shape index (κ2) is 12.7. The lowest BCUT2D eigenvalue weighted by atomic mass is 10.1. The number of rotatable bonds is 12. The smallest absolute Gasteiger partial charge is 0.0994 e. The highest BCUT2D eigenvalue weighted by Gasteiger charge is 2.10. The minimum atomic E-state index is 0.451. The van der Waals surface area contributed by atoms with Crippen molar-refractivity contribution in [2.24, 2.45) is 0 Å². The highest BCUT2D eigenvalue weighted by atomic mass is 32.2. The van der Waals surface area contributed by atoms with Crippen LogP contribution in [-0.2, 0) is 4.74 Å². The molecule has 0 N–H and O–H groups in total. The summed E-state index contributed by atoms with van der Waals surface area (Å²) in [6.07, 6.45) is 5.62. The van der Waals surface area contributed by atoms with E-state index in [1.54, 1.807) is 0 Å². The minimum Gasteiger partial charge on any atom is -0.362 e. The van der Waals surface area contributed by atoms with Gasteiger partial charge in [-0.15, -0.1) is 0 Å². The van der Waals surface area contributed by atoms with Crippen LogP contribution in [0.5, 0.6) is 0 Å². The molecule has 0 aromatic carbocycles. The number of ether oxygens (including phenoxy) is 1.